The van der Waals surface area contributed by atoms with Crippen molar-refractivity contribution in [1.82, 2.24) is 5.32 Å². The summed E-state index contributed by atoms with van der Waals surface area (Å²) in [5.41, 5.74) is -0.512. The number of amidine groups is 1. The summed E-state index contributed by atoms with van der Waals surface area (Å²) in [5, 5.41) is 58.2. The predicted molar refractivity (Wildman–Crippen MR) is 126 cm³/mol. The Morgan fingerprint density at radius 3 is 2.62 bits per heavy atom. The van der Waals surface area contributed by atoms with Gasteiger partial charge in [0.15, 0.2) is 5.75 Å². The molecule has 203 valence electrons. The molecule has 0 aliphatic carbocycles. The van der Waals surface area contributed by atoms with Gasteiger partial charge in [-0.15, -0.1) is 10.2 Å². The van der Waals surface area contributed by atoms with E-state index in [1.165, 1.54) is 24.3 Å². The van der Waals surface area contributed by atoms with Crippen molar-refractivity contribution >= 4 is 63.3 Å². The topological polar surface area (TPSA) is 186 Å². The Hall–Kier alpha value is -2.57. The number of alkyl halides is 1. The first kappa shape index (κ1) is 32.6. The van der Waals surface area contributed by atoms with E-state index >= 15 is 0 Å². The summed E-state index contributed by atoms with van der Waals surface area (Å²) in [5.74, 6) is -1.22. The van der Waals surface area contributed by atoms with Gasteiger partial charge in [-0.3, -0.25) is 15.2 Å². The minimum absolute atomic E-state index is 0. The van der Waals surface area contributed by atoms with Gasteiger partial charge in [0, 0.05) is 34.2 Å². The summed E-state index contributed by atoms with van der Waals surface area (Å²) >= 11 is 6.26. The largest absolute Gasteiger partial charge is 1.00 e. The number of hydrogen-bond donors (Lipinski definition) is 4. The standard InChI is InChI=1S/C20H13ClF2N6O7S.Cu.Na/c21-15-18(22)25-20(23)26-19(15)24-9-2-1-8-5-14(37-36-35-34)16(17(31)11(8)6-9)28-27-12-4-3-10(29(32)33)7-13(12)30;;/h1-7,18,24,30-31,34H,(H,25,26);;/q;;+1/p-1. The third-order valence-corrected chi connectivity index (χ3v) is 5.79. The number of phenols is 2. The van der Waals surface area contributed by atoms with Crippen LogP contribution in [0.3, 0.4) is 0 Å². The number of rotatable bonds is 8. The SMILES string of the molecule is O=[N+]([O-])c1ccc(N=Nc2c(SOO[O-])cc3ccc(NC4=C(Cl)C(F)N=C(F)N4)cc3c2O)c(O)c1.[Cu].[Na+]. The Morgan fingerprint density at radius 1 is 1.21 bits per heavy atom. The number of benzene rings is 3. The summed E-state index contributed by atoms with van der Waals surface area (Å²) in [6, 6.07) is 8.99. The Kier molecular flexibility index (Phi) is 11.9. The molecule has 3 aromatic rings. The molecule has 1 heterocycles. The van der Waals surface area contributed by atoms with Crippen LogP contribution in [0.25, 0.3) is 10.8 Å². The van der Waals surface area contributed by atoms with Crippen LogP contribution in [0.2, 0.25) is 0 Å². The Morgan fingerprint density at radius 2 is 1.95 bits per heavy atom. The van der Waals surface area contributed by atoms with E-state index in [9.17, 15) is 34.4 Å². The number of fused-ring (bicyclic) bond motifs is 1. The van der Waals surface area contributed by atoms with Crippen LogP contribution in [-0.4, -0.2) is 27.5 Å². The summed E-state index contributed by atoms with van der Waals surface area (Å²) in [6.45, 7) is 0. The molecule has 1 radical (unpaired) electrons. The van der Waals surface area contributed by atoms with Crippen LogP contribution in [-0.2, 0) is 26.4 Å². The second kappa shape index (κ2) is 14.2. The minimum atomic E-state index is -2.11. The molecule has 0 saturated carbocycles. The number of hydrogen-bond acceptors (Lipinski definition) is 13. The fourth-order valence-corrected chi connectivity index (χ4v) is 3.78. The monoisotopic (exact) mass is 639 g/mol. The van der Waals surface area contributed by atoms with Gasteiger partial charge in [-0.1, -0.05) is 17.7 Å². The number of non-ortho nitro benzene ring substituents is 1. The molecule has 4 N–H and O–H groups in total. The summed E-state index contributed by atoms with van der Waals surface area (Å²) in [6.07, 6.45) is -3.30. The van der Waals surface area contributed by atoms with Crippen molar-refractivity contribution < 1.29 is 85.2 Å². The van der Waals surface area contributed by atoms with Crippen LogP contribution in [0.5, 0.6) is 11.5 Å². The van der Waals surface area contributed by atoms with Gasteiger partial charge < -0.3 is 26.1 Å². The van der Waals surface area contributed by atoms with Crippen molar-refractivity contribution in [3.8, 4) is 11.5 Å². The van der Waals surface area contributed by atoms with Crippen molar-refractivity contribution in [2.45, 2.75) is 11.2 Å². The van der Waals surface area contributed by atoms with Crippen molar-refractivity contribution in [3.63, 3.8) is 0 Å². The molecule has 1 aliphatic heterocycles. The van der Waals surface area contributed by atoms with E-state index in [0.29, 0.717) is 17.4 Å². The zero-order chi connectivity index (χ0) is 26.7. The molecule has 39 heavy (non-hydrogen) atoms. The van der Waals surface area contributed by atoms with E-state index in [1.807, 2.05) is 0 Å². The first-order valence-electron chi connectivity index (χ1n) is 9.81. The van der Waals surface area contributed by atoms with Crippen LogP contribution >= 0.6 is 23.6 Å². The molecule has 0 fully saturated rings. The number of aliphatic imine (C=N–C) groups is 1. The quantitative estimate of drug-likeness (QED) is 0.0539. The molecule has 3 aromatic carbocycles. The molecule has 0 saturated heterocycles. The van der Waals surface area contributed by atoms with Crippen LogP contribution in [0, 0.1) is 10.1 Å². The Labute approximate surface area is 258 Å². The summed E-state index contributed by atoms with van der Waals surface area (Å²) < 4.78 is 31.6. The van der Waals surface area contributed by atoms with Crippen LogP contribution < -0.4 is 45.4 Å². The van der Waals surface area contributed by atoms with Crippen LogP contribution in [0.4, 0.5) is 31.5 Å². The van der Waals surface area contributed by atoms with Crippen LogP contribution in [0.15, 0.2) is 73.4 Å². The second-order valence-corrected chi connectivity index (χ2v) is 8.24. The molecular formula is C20H12ClCuF2N6NaO7S. The van der Waals surface area contributed by atoms with E-state index in [0.717, 1.165) is 18.2 Å². The number of nitrogens with zero attached hydrogens (tertiary/aromatic N) is 4. The van der Waals surface area contributed by atoms with Crippen molar-refractivity contribution in [2.75, 3.05) is 5.32 Å². The van der Waals surface area contributed by atoms with Crippen molar-refractivity contribution in [3.05, 3.63) is 63.4 Å². The Bertz CT molecular complexity index is 1500. The number of azo groups is 1. The fourth-order valence-electron chi connectivity index (χ4n) is 3.15. The smallest absolute Gasteiger partial charge is 0.691 e. The van der Waals surface area contributed by atoms with Gasteiger partial charge in [0.2, 0.25) is 6.30 Å². The zero-order valence-electron chi connectivity index (χ0n) is 19.2. The molecule has 1 atom stereocenters. The maximum atomic E-state index is 13.8. The molecule has 1 aliphatic rings. The van der Waals surface area contributed by atoms with Gasteiger partial charge in [-0.2, -0.15) is 13.7 Å². The van der Waals surface area contributed by atoms with Crippen molar-refractivity contribution in [2.24, 2.45) is 15.2 Å². The number of nitro benzene ring substituents is 1. The normalized spacial score (nSPS) is 14.9. The molecule has 4 rings (SSSR count). The third-order valence-electron chi connectivity index (χ3n) is 4.80. The van der Waals surface area contributed by atoms with Gasteiger partial charge in [-0.05, 0) is 29.7 Å². The second-order valence-electron chi connectivity index (χ2n) is 7.09. The van der Waals surface area contributed by atoms with E-state index in [4.69, 9.17) is 11.6 Å². The molecule has 0 aromatic heterocycles. The zero-order valence-corrected chi connectivity index (χ0v) is 23.7. The third kappa shape index (κ3) is 7.55. The number of halogens is 3. The Balaban J connectivity index is 0.00000267. The predicted octanol–water partition coefficient (Wildman–Crippen LogP) is 1.85. The van der Waals surface area contributed by atoms with Gasteiger partial charge >= 0.3 is 29.6 Å². The first-order valence-corrected chi connectivity index (χ1v) is 10.9. The van der Waals surface area contributed by atoms with Gasteiger partial charge in [0.25, 0.3) is 11.8 Å². The van der Waals surface area contributed by atoms with Gasteiger partial charge in [0.1, 0.15) is 28.0 Å². The van der Waals surface area contributed by atoms with E-state index in [-0.39, 0.29) is 85.5 Å². The van der Waals surface area contributed by atoms with E-state index in [2.05, 4.69) is 35.2 Å². The molecule has 19 heteroatoms. The summed E-state index contributed by atoms with van der Waals surface area (Å²) in [4.78, 5) is 13.2. The summed E-state index contributed by atoms with van der Waals surface area (Å²) in [7, 11) is 0. The molecule has 0 spiro atoms. The van der Waals surface area contributed by atoms with Crippen molar-refractivity contribution in [1.29, 1.82) is 0 Å². The maximum Gasteiger partial charge on any atom is 1.00 e. The molecule has 0 bridgehead atoms. The number of phenolic OH excluding ortho intramolecular Hbond substituents is 2. The minimum Gasteiger partial charge on any atom is -0.691 e. The maximum absolute atomic E-state index is 13.8. The van der Waals surface area contributed by atoms with E-state index in [1.54, 1.807) is 0 Å². The van der Waals surface area contributed by atoms with Crippen LogP contribution in [0.1, 0.15) is 0 Å². The molecule has 0 amide bonds. The average Bonchev–Trinajstić information content (AvgIpc) is 2.86. The first-order chi connectivity index (χ1) is 17.7. The number of anilines is 1. The number of nitro groups is 1. The fraction of sp³-hybridized carbons (Fsp3) is 0.0500. The van der Waals surface area contributed by atoms with Gasteiger partial charge in [0.05, 0.1) is 27.9 Å². The molecular weight excluding hydrogens is 628 g/mol. The van der Waals surface area contributed by atoms with E-state index < -0.39 is 33.8 Å². The average molecular weight is 640 g/mol. The molecule has 1 unspecified atom stereocenters. The number of nitrogens with one attached hydrogen (secondary N) is 2. The molecule has 13 nitrogen and oxygen atoms in total. The number of aromatic hydroxyl groups is 2. The van der Waals surface area contributed by atoms with Gasteiger partial charge in [-0.25, -0.2) is 4.39 Å².